The number of unbranched alkanes of at least 4 members (excludes halogenated alkanes) is 1. The number of hydrogen-bond acceptors (Lipinski definition) is 4. The summed E-state index contributed by atoms with van der Waals surface area (Å²) in [6.07, 6.45) is 8.21. The van der Waals surface area contributed by atoms with Gasteiger partial charge in [-0.1, -0.05) is 19.8 Å². The average molecular weight is 423 g/mol. The van der Waals surface area contributed by atoms with Gasteiger partial charge in [-0.3, -0.25) is 0 Å². The van der Waals surface area contributed by atoms with Crippen molar-refractivity contribution in [2.24, 2.45) is 0 Å². The Labute approximate surface area is 174 Å². The number of benzene rings is 1. The summed E-state index contributed by atoms with van der Waals surface area (Å²) in [5, 5.41) is 5.76. The number of sulfonamides is 1. The van der Waals surface area contributed by atoms with Crippen LogP contribution in [0.1, 0.15) is 58.3 Å². The Balaban J connectivity index is 1.86. The fourth-order valence-electron chi connectivity index (χ4n) is 3.99. The van der Waals surface area contributed by atoms with E-state index in [0.29, 0.717) is 25.3 Å². The molecule has 2 heterocycles. The van der Waals surface area contributed by atoms with Gasteiger partial charge >= 0.3 is 6.03 Å². The molecule has 3 rings (SSSR count). The summed E-state index contributed by atoms with van der Waals surface area (Å²) < 4.78 is 27.8. The van der Waals surface area contributed by atoms with Crippen LogP contribution in [0, 0.1) is 0 Å². The predicted octanol–water partition coefficient (Wildman–Crippen LogP) is 3.77. The van der Waals surface area contributed by atoms with Crippen molar-refractivity contribution in [3.05, 3.63) is 18.2 Å². The van der Waals surface area contributed by atoms with Crippen molar-refractivity contribution in [1.82, 2.24) is 9.62 Å². The maximum absolute atomic E-state index is 13.1. The van der Waals surface area contributed by atoms with Crippen LogP contribution in [-0.2, 0) is 10.0 Å². The smallest absolute Gasteiger partial charge is 0.319 e. The lowest BCUT2D eigenvalue weighted by atomic mass is 10.1. The van der Waals surface area contributed by atoms with Gasteiger partial charge in [0.05, 0.1) is 16.3 Å². The van der Waals surface area contributed by atoms with E-state index in [1.54, 1.807) is 16.4 Å². The van der Waals surface area contributed by atoms with E-state index in [9.17, 15) is 13.2 Å². The molecule has 2 saturated heterocycles. The van der Waals surface area contributed by atoms with Gasteiger partial charge in [-0.2, -0.15) is 4.31 Å². The van der Waals surface area contributed by atoms with E-state index < -0.39 is 10.0 Å². The van der Waals surface area contributed by atoms with Gasteiger partial charge in [0, 0.05) is 32.7 Å². The molecule has 1 aromatic rings. The third-order valence-electron chi connectivity index (χ3n) is 5.68. The number of carbonyl (C=O) groups is 1. The summed E-state index contributed by atoms with van der Waals surface area (Å²) in [6, 6.07) is 4.88. The van der Waals surface area contributed by atoms with Gasteiger partial charge < -0.3 is 15.5 Å². The minimum absolute atomic E-state index is 0.254. The van der Waals surface area contributed by atoms with Gasteiger partial charge in [-0.05, 0) is 56.7 Å². The quantitative estimate of drug-likeness (QED) is 0.655. The van der Waals surface area contributed by atoms with Crippen molar-refractivity contribution in [2.45, 2.75) is 63.2 Å². The van der Waals surface area contributed by atoms with E-state index in [1.807, 2.05) is 6.07 Å². The fraction of sp³-hybridized carbons (Fsp3) is 0.667. The highest BCUT2D eigenvalue weighted by Crippen LogP contribution is 2.32. The SMILES string of the molecule is CCCCNC(=O)Nc1cc(S(=O)(=O)N2CCCCC2)ccc1N1CCCCC1. The molecule has 2 amide bonds. The standard InChI is InChI=1S/C21H34N4O3S/c1-2-3-12-22-21(26)23-19-17-18(29(27,28)25-15-8-5-9-16-25)10-11-20(19)24-13-6-4-7-14-24/h10-11,17H,2-9,12-16H2,1H3,(H2,22,23,26). The molecule has 0 radical (unpaired) electrons. The van der Waals surface area contributed by atoms with Crippen LogP contribution < -0.4 is 15.5 Å². The topological polar surface area (TPSA) is 81.8 Å². The summed E-state index contributed by atoms with van der Waals surface area (Å²) in [5.41, 5.74) is 1.46. The molecule has 1 aromatic carbocycles. The van der Waals surface area contributed by atoms with Crippen LogP contribution in [0.25, 0.3) is 0 Å². The lowest BCUT2D eigenvalue weighted by molar-refractivity contribution is 0.252. The van der Waals surface area contributed by atoms with Crippen LogP contribution in [-0.4, -0.2) is 51.5 Å². The lowest BCUT2D eigenvalue weighted by Crippen LogP contribution is -2.36. The highest BCUT2D eigenvalue weighted by molar-refractivity contribution is 7.89. The summed E-state index contributed by atoms with van der Waals surface area (Å²) in [4.78, 5) is 14.9. The van der Waals surface area contributed by atoms with Gasteiger partial charge in [-0.25, -0.2) is 13.2 Å². The Morgan fingerprint density at radius 1 is 1.00 bits per heavy atom. The van der Waals surface area contributed by atoms with Crippen LogP contribution in [0.3, 0.4) is 0 Å². The summed E-state index contributed by atoms with van der Waals surface area (Å²) in [7, 11) is -3.55. The zero-order valence-corrected chi connectivity index (χ0v) is 18.3. The number of piperidine rings is 2. The largest absolute Gasteiger partial charge is 0.370 e. The zero-order chi connectivity index (χ0) is 20.7. The molecule has 0 atom stereocenters. The summed E-state index contributed by atoms with van der Waals surface area (Å²) >= 11 is 0. The first-order valence-corrected chi connectivity index (χ1v) is 12.4. The molecular weight excluding hydrogens is 388 g/mol. The Bertz CT molecular complexity index is 785. The van der Waals surface area contributed by atoms with Crippen molar-refractivity contribution in [1.29, 1.82) is 0 Å². The summed E-state index contributed by atoms with van der Waals surface area (Å²) in [6.45, 7) is 5.65. The predicted molar refractivity (Wildman–Crippen MR) is 117 cm³/mol. The monoisotopic (exact) mass is 422 g/mol. The molecule has 0 bridgehead atoms. The van der Waals surface area contributed by atoms with Crippen molar-refractivity contribution < 1.29 is 13.2 Å². The molecule has 29 heavy (non-hydrogen) atoms. The lowest BCUT2D eigenvalue weighted by Gasteiger charge is -2.31. The molecule has 2 aliphatic rings. The van der Waals surface area contributed by atoms with Gasteiger partial charge in [0.1, 0.15) is 0 Å². The normalized spacial score (nSPS) is 18.4. The summed E-state index contributed by atoms with van der Waals surface area (Å²) in [5.74, 6) is 0. The first-order valence-electron chi connectivity index (χ1n) is 11.0. The number of anilines is 2. The third-order valence-corrected chi connectivity index (χ3v) is 7.58. The Kier molecular flexibility index (Phi) is 7.77. The third kappa shape index (κ3) is 5.63. The second kappa shape index (κ2) is 10.3. The molecule has 2 fully saturated rings. The van der Waals surface area contributed by atoms with Crippen molar-refractivity contribution in [2.75, 3.05) is 42.9 Å². The van der Waals surface area contributed by atoms with Crippen LogP contribution in [0.15, 0.2) is 23.1 Å². The molecule has 0 aliphatic carbocycles. The van der Waals surface area contributed by atoms with Gasteiger partial charge in [0.25, 0.3) is 0 Å². The van der Waals surface area contributed by atoms with Crippen molar-refractivity contribution in [3.63, 3.8) is 0 Å². The Morgan fingerprint density at radius 2 is 1.66 bits per heavy atom. The first-order chi connectivity index (χ1) is 14.0. The van der Waals surface area contributed by atoms with Crippen molar-refractivity contribution >= 4 is 27.4 Å². The first kappa shape index (κ1) is 21.9. The average Bonchev–Trinajstić information content (AvgIpc) is 2.75. The van der Waals surface area contributed by atoms with Crippen LogP contribution in [0.4, 0.5) is 16.2 Å². The second-order valence-corrected chi connectivity index (χ2v) is 9.86. The molecule has 0 unspecified atom stereocenters. The zero-order valence-electron chi connectivity index (χ0n) is 17.5. The number of carbonyl (C=O) groups excluding carboxylic acids is 1. The van der Waals surface area contributed by atoms with Gasteiger partial charge in [0.2, 0.25) is 10.0 Å². The molecule has 0 spiro atoms. The Morgan fingerprint density at radius 3 is 2.31 bits per heavy atom. The van der Waals surface area contributed by atoms with Crippen LogP contribution >= 0.6 is 0 Å². The maximum Gasteiger partial charge on any atom is 0.319 e. The molecule has 8 heteroatoms. The molecular formula is C21H34N4O3S. The van der Waals surface area contributed by atoms with Gasteiger partial charge in [0.15, 0.2) is 0 Å². The molecule has 0 aromatic heterocycles. The highest BCUT2D eigenvalue weighted by atomic mass is 32.2. The molecule has 162 valence electrons. The van der Waals surface area contributed by atoms with E-state index in [2.05, 4.69) is 22.5 Å². The highest BCUT2D eigenvalue weighted by Gasteiger charge is 2.27. The van der Waals surface area contributed by atoms with Crippen LogP contribution in [0.2, 0.25) is 0 Å². The van der Waals surface area contributed by atoms with E-state index in [4.69, 9.17) is 0 Å². The maximum atomic E-state index is 13.1. The number of rotatable bonds is 7. The van der Waals surface area contributed by atoms with Crippen LogP contribution in [0.5, 0.6) is 0 Å². The number of nitrogens with zero attached hydrogens (tertiary/aromatic N) is 2. The Hall–Kier alpha value is -1.80. The number of urea groups is 1. The minimum Gasteiger partial charge on any atom is -0.370 e. The van der Waals surface area contributed by atoms with E-state index in [0.717, 1.165) is 63.7 Å². The number of nitrogens with one attached hydrogen (secondary N) is 2. The van der Waals surface area contributed by atoms with E-state index >= 15 is 0 Å². The number of amides is 2. The van der Waals surface area contributed by atoms with Gasteiger partial charge in [-0.15, -0.1) is 0 Å². The van der Waals surface area contributed by atoms with E-state index in [-0.39, 0.29) is 10.9 Å². The molecule has 2 aliphatic heterocycles. The minimum atomic E-state index is -3.55. The fourth-order valence-corrected chi connectivity index (χ4v) is 5.53. The second-order valence-electron chi connectivity index (χ2n) is 7.93. The van der Waals surface area contributed by atoms with E-state index in [1.165, 1.54) is 6.42 Å². The van der Waals surface area contributed by atoms with Crippen molar-refractivity contribution in [3.8, 4) is 0 Å². The molecule has 0 saturated carbocycles. The molecule has 7 nitrogen and oxygen atoms in total. The number of hydrogen-bond donors (Lipinski definition) is 2. The molecule has 2 N–H and O–H groups in total.